The Morgan fingerprint density at radius 3 is 2.45 bits per heavy atom. The topological polar surface area (TPSA) is 138 Å². The maximum Gasteiger partial charge on any atom is 0.328 e. The van der Waals surface area contributed by atoms with Crippen molar-refractivity contribution >= 4 is 35.3 Å². The average Bonchev–Trinajstić information content (AvgIpc) is 3.30. The molecule has 2 aromatic carbocycles. The molecule has 204 valence electrons. The number of hydrogen-bond acceptors (Lipinski definition) is 6. The highest BCUT2D eigenvalue weighted by atomic mass is 16.3. The molecule has 2 aromatic rings. The van der Waals surface area contributed by atoms with Gasteiger partial charge in [0.05, 0.1) is 28.9 Å². The molecular formula is C31H29N3O6. The zero-order chi connectivity index (χ0) is 28.5. The minimum absolute atomic E-state index is 0.00189. The van der Waals surface area contributed by atoms with Crippen molar-refractivity contribution < 1.29 is 29.1 Å². The van der Waals surface area contributed by atoms with E-state index in [4.69, 9.17) is 5.73 Å². The lowest BCUT2D eigenvalue weighted by molar-refractivity contribution is -0.136. The number of fused-ring (bicyclic) bond motifs is 4. The van der Waals surface area contributed by atoms with E-state index in [0.717, 1.165) is 5.57 Å². The number of rotatable bonds is 4. The quantitative estimate of drug-likeness (QED) is 0.451. The van der Waals surface area contributed by atoms with Crippen LogP contribution in [0.25, 0.3) is 0 Å². The van der Waals surface area contributed by atoms with Crippen molar-refractivity contribution in [2.45, 2.75) is 32.1 Å². The lowest BCUT2D eigenvalue weighted by Gasteiger charge is -2.49. The molecule has 0 aromatic heterocycles. The summed E-state index contributed by atoms with van der Waals surface area (Å²) in [5.74, 6) is -5.95. The fraction of sp³-hybridized carbons (Fsp3) is 0.323. The molecule has 3 N–H and O–H groups in total. The van der Waals surface area contributed by atoms with Crippen molar-refractivity contribution in [3.63, 3.8) is 0 Å². The summed E-state index contributed by atoms with van der Waals surface area (Å²) >= 11 is 0. The smallest absolute Gasteiger partial charge is 0.328 e. The zero-order valence-electron chi connectivity index (χ0n) is 21.9. The van der Waals surface area contributed by atoms with Gasteiger partial charge in [0.15, 0.2) is 0 Å². The first-order chi connectivity index (χ1) is 19.1. The number of imide groups is 4. The molecular weight excluding hydrogens is 510 g/mol. The van der Waals surface area contributed by atoms with E-state index in [-0.39, 0.29) is 24.5 Å². The van der Waals surface area contributed by atoms with Crippen LogP contribution in [0.1, 0.15) is 36.8 Å². The van der Waals surface area contributed by atoms with Gasteiger partial charge in [0.25, 0.3) is 0 Å². The minimum atomic E-state index is -1.28. The molecule has 6 rings (SSSR count). The predicted octanol–water partition coefficient (Wildman–Crippen LogP) is 3.43. The number of nitrogens with zero attached hydrogens (tertiary/aromatic N) is 2. The maximum atomic E-state index is 14.3. The summed E-state index contributed by atoms with van der Waals surface area (Å²) in [7, 11) is 0. The summed E-state index contributed by atoms with van der Waals surface area (Å²) < 4.78 is 0. The van der Waals surface area contributed by atoms with Crippen LogP contribution < -0.4 is 10.6 Å². The third kappa shape index (κ3) is 3.30. The van der Waals surface area contributed by atoms with E-state index in [0.29, 0.717) is 28.1 Å². The Balaban J connectivity index is 1.56. The molecule has 2 saturated heterocycles. The average molecular weight is 540 g/mol. The largest absolute Gasteiger partial charge is 0.507 e. The van der Waals surface area contributed by atoms with E-state index in [2.05, 4.69) is 6.58 Å². The number of aromatic hydroxyl groups is 1. The van der Waals surface area contributed by atoms with Crippen LogP contribution in [0.4, 0.5) is 10.5 Å². The fourth-order valence-corrected chi connectivity index (χ4v) is 7.56. The highest BCUT2D eigenvalue weighted by Gasteiger charge is 2.68. The molecule has 2 aliphatic carbocycles. The number of allylic oxidation sites excluding steroid dienone is 3. The summed E-state index contributed by atoms with van der Waals surface area (Å²) in [6, 6.07) is 12.9. The van der Waals surface area contributed by atoms with Gasteiger partial charge in [-0.1, -0.05) is 54.1 Å². The summed E-state index contributed by atoms with van der Waals surface area (Å²) in [5, 5.41) is 11.5. The maximum absolute atomic E-state index is 14.3. The third-order valence-electron chi connectivity index (χ3n) is 9.34. The fourth-order valence-electron chi connectivity index (χ4n) is 7.56. The van der Waals surface area contributed by atoms with Crippen LogP contribution in [-0.2, 0) is 25.6 Å². The molecule has 2 aliphatic heterocycles. The number of carbonyl (C=O) groups is 5. The summed E-state index contributed by atoms with van der Waals surface area (Å²) in [6.07, 6.45) is 4.24. The Kier molecular flexibility index (Phi) is 5.80. The highest BCUT2D eigenvalue weighted by molar-refractivity contribution is 6.24. The molecule has 0 unspecified atom stereocenters. The summed E-state index contributed by atoms with van der Waals surface area (Å²) in [4.78, 5) is 68.6. The first-order valence-corrected chi connectivity index (χ1v) is 13.3. The van der Waals surface area contributed by atoms with Crippen LogP contribution in [0.5, 0.6) is 5.75 Å². The number of benzene rings is 2. The Hall–Kier alpha value is -4.53. The molecule has 0 radical (unpaired) electrons. The Labute approximate surface area is 230 Å². The van der Waals surface area contributed by atoms with Crippen LogP contribution in [0, 0.1) is 29.1 Å². The normalized spacial score (nSPS) is 31.0. The molecule has 6 atom stereocenters. The van der Waals surface area contributed by atoms with E-state index in [1.54, 1.807) is 61.5 Å². The summed E-state index contributed by atoms with van der Waals surface area (Å²) in [6.45, 7) is 5.53. The van der Waals surface area contributed by atoms with Gasteiger partial charge in [-0.15, -0.1) is 6.58 Å². The number of urea groups is 1. The molecule has 4 aliphatic rings. The van der Waals surface area contributed by atoms with Gasteiger partial charge in [-0.3, -0.25) is 19.2 Å². The van der Waals surface area contributed by atoms with Gasteiger partial charge in [-0.25, -0.2) is 9.69 Å². The molecule has 3 fully saturated rings. The van der Waals surface area contributed by atoms with Crippen LogP contribution >= 0.6 is 0 Å². The van der Waals surface area contributed by atoms with E-state index in [1.807, 2.05) is 6.08 Å². The third-order valence-corrected chi connectivity index (χ3v) is 9.34. The lowest BCUT2D eigenvalue weighted by Crippen LogP contribution is -2.49. The first-order valence-electron chi connectivity index (χ1n) is 13.3. The van der Waals surface area contributed by atoms with Crippen molar-refractivity contribution in [3.05, 3.63) is 84.0 Å². The molecule has 2 heterocycles. The van der Waals surface area contributed by atoms with Gasteiger partial charge in [-0.2, -0.15) is 4.90 Å². The summed E-state index contributed by atoms with van der Waals surface area (Å²) in [5.41, 5.74) is 6.37. The van der Waals surface area contributed by atoms with Gasteiger partial charge in [0.1, 0.15) is 5.75 Å². The van der Waals surface area contributed by atoms with Crippen molar-refractivity contribution in [3.8, 4) is 5.75 Å². The van der Waals surface area contributed by atoms with E-state index in [1.165, 1.54) is 4.90 Å². The number of hydrogen-bond donors (Lipinski definition) is 2. The van der Waals surface area contributed by atoms with Gasteiger partial charge in [0, 0.05) is 11.5 Å². The van der Waals surface area contributed by atoms with Crippen LogP contribution in [0.15, 0.2) is 72.8 Å². The van der Waals surface area contributed by atoms with Gasteiger partial charge < -0.3 is 10.8 Å². The number of carbonyl (C=O) groups excluding carboxylic acids is 5. The Morgan fingerprint density at radius 2 is 1.77 bits per heavy atom. The van der Waals surface area contributed by atoms with Crippen LogP contribution in [0.2, 0.25) is 0 Å². The molecule has 1 saturated carbocycles. The van der Waals surface area contributed by atoms with Crippen molar-refractivity contribution in [1.29, 1.82) is 0 Å². The SMILES string of the molecule is C=CCc1cccc([C@H]2C3=CC[C@@H]4C(=O)N(C(N)=O)C(=O)[C@@H]4[C@@H]3C[C@H]3C(=O)N(c4ccccc4)C(=O)[C@@]23C)c1O. The Bertz CT molecular complexity index is 1530. The Morgan fingerprint density at radius 1 is 1.05 bits per heavy atom. The standard InChI is InChI=1S/C31H29N3O6/c1-3-8-16-9-7-12-20(25(16)35)24-18-13-14-19-23(28(38)34(26(19)36)30(32)40)21(18)15-22-27(37)33(29(39)31(22,24)2)17-10-5-4-6-11-17/h3-7,9-13,19,21-24,35H,1,8,14-15H2,2H3,(H2,32,40)/t19-,21+,22-,23-,24+,31+/m0/s1. The first kappa shape index (κ1) is 25.7. The van der Waals surface area contributed by atoms with E-state index in [9.17, 15) is 29.1 Å². The number of para-hydroxylation sites is 2. The molecule has 6 amide bonds. The van der Waals surface area contributed by atoms with Gasteiger partial charge in [0.2, 0.25) is 23.6 Å². The minimum Gasteiger partial charge on any atom is -0.507 e. The molecule has 0 bridgehead atoms. The second-order valence-corrected chi connectivity index (χ2v) is 11.2. The molecule has 9 heteroatoms. The molecule has 0 spiro atoms. The second-order valence-electron chi connectivity index (χ2n) is 11.2. The van der Waals surface area contributed by atoms with Crippen LogP contribution in [0.3, 0.4) is 0 Å². The number of amides is 6. The monoisotopic (exact) mass is 539 g/mol. The number of primary amides is 1. The van der Waals surface area contributed by atoms with Crippen molar-refractivity contribution in [2.75, 3.05) is 4.90 Å². The second kappa shape index (κ2) is 9.01. The highest BCUT2D eigenvalue weighted by Crippen LogP contribution is 2.64. The van der Waals surface area contributed by atoms with Gasteiger partial charge in [-0.05, 0) is 49.8 Å². The molecule has 40 heavy (non-hydrogen) atoms. The number of phenolic OH excluding ortho intramolecular Hbond substituents is 1. The van der Waals surface area contributed by atoms with Crippen molar-refractivity contribution in [1.82, 2.24) is 4.90 Å². The van der Waals surface area contributed by atoms with Crippen LogP contribution in [-0.4, -0.2) is 39.7 Å². The van der Waals surface area contributed by atoms with Crippen molar-refractivity contribution in [2.24, 2.45) is 34.8 Å². The predicted molar refractivity (Wildman–Crippen MR) is 145 cm³/mol. The number of anilines is 1. The number of nitrogens with two attached hydrogens (primary N) is 1. The lowest BCUT2D eigenvalue weighted by atomic mass is 9.51. The number of likely N-dealkylation sites (tertiary alicyclic amines) is 1. The van der Waals surface area contributed by atoms with E-state index < -0.39 is 58.8 Å². The van der Waals surface area contributed by atoms with Gasteiger partial charge >= 0.3 is 6.03 Å². The number of phenols is 1. The molecule has 9 nitrogen and oxygen atoms in total. The van der Waals surface area contributed by atoms with E-state index >= 15 is 0 Å². The zero-order valence-corrected chi connectivity index (χ0v) is 21.9.